The standard InChI is InChI=1S/C15H11ClN2O2/c16-12-7-9(19)5-6-14(12)18-15(20)11-8-17-13-4-2-1-3-10(11)13/h1-8,17,19H,(H,18,20). The molecule has 0 saturated heterocycles. The van der Waals surface area contributed by atoms with Crippen LogP contribution in [0.15, 0.2) is 48.7 Å². The average Bonchev–Trinajstić information content (AvgIpc) is 2.86. The molecular formula is C15H11ClN2O2. The summed E-state index contributed by atoms with van der Waals surface area (Å²) in [5.74, 6) is -0.199. The average molecular weight is 287 g/mol. The number of aromatic hydroxyl groups is 1. The Morgan fingerprint density at radius 1 is 1.20 bits per heavy atom. The number of hydrogen-bond donors (Lipinski definition) is 3. The number of carbonyl (C=O) groups is 1. The Labute approximate surface area is 120 Å². The number of rotatable bonds is 2. The molecule has 2 aromatic carbocycles. The molecule has 0 unspecified atom stereocenters. The van der Waals surface area contributed by atoms with Crippen LogP contribution in [0.25, 0.3) is 10.9 Å². The van der Waals surface area contributed by atoms with Gasteiger partial charge in [0, 0.05) is 23.2 Å². The summed E-state index contributed by atoms with van der Waals surface area (Å²) in [5.41, 5.74) is 1.90. The van der Waals surface area contributed by atoms with Crippen LogP contribution in [0.1, 0.15) is 10.4 Å². The van der Waals surface area contributed by atoms with Crippen molar-refractivity contribution in [3.63, 3.8) is 0 Å². The van der Waals surface area contributed by atoms with E-state index in [0.717, 1.165) is 10.9 Å². The Morgan fingerprint density at radius 3 is 2.80 bits per heavy atom. The van der Waals surface area contributed by atoms with Crippen molar-refractivity contribution in [3.8, 4) is 5.75 Å². The SMILES string of the molecule is O=C(Nc1ccc(O)cc1Cl)c1c[nH]c2ccccc12. The molecule has 0 fully saturated rings. The van der Waals surface area contributed by atoms with E-state index < -0.39 is 0 Å². The van der Waals surface area contributed by atoms with Crippen molar-refractivity contribution < 1.29 is 9.90 Å². The first-order chi connectivity index (χ1) is 9.65. The number of fused-ring (bicyclic) bond motifs is 1. The Hall–Kier alpha value is -2.46. The minimum atomic E-state index is -0.255. The van der Waals surface area contributed by atoms with E-state index in [1.54, 1.807) is 12.3 Å². The van der Waals surface area contributed by atoms with Gasteiger partial charge in [0.15, 0.2) is 0 Å². The molecule has 0 spiro atoms. The Kier molecular flexibility index (Phi) is 3.08. The molecule has 4 nitrogen and oxygen atoms in total. The van der Waals surface area contributed by atoms with Gasteiger partial charge in [-0.2, -0.15) is 0 Å². The number of phenolic OH excluding ortho intramolecular Hbond substituents is 1. The molecule has 100 valence electrons. The predicted molar refractivity (Wildman–Crippen MR) is 79.4 cm³/mol. The fourth-order valence-electron chi connectivity index (χ4n) is 2.05. The largest absolute Gasteiger partial charge is 0.508 e. The van der Waals surface area contributed by atoms with Crippen LogP contribution in [0.3, 0.4) is 0 Å². The Bertz CT molecular complexity index is 795. The van der Waals surface area contributed by atoms with Crippen molar-refractivity contribution in [1.29, 1.82) is 0 Å². The summed E-state index contributed by atoms with van der Waals surface area (Å²) >= 11 is 5.97. The third-order valence-corrected chi connectivity index (χ3v) is 3.35. The first-order valence-electron chi connectivity index (χ1n) is 6.01. The van der Waals surface area contributed by atoms with E-state index in [9.17, 15) is 9.90 Å². The van der Waals surface area contributed by atoms with Crippen LogP contribution < -0.4 is 5.32 Å². The van der Waals surface area contributed by atoms with Crippen molar-refractivity contribution in [1.82, 2.24) is 4.98 Å². The molecule has 3 rings (SSSR count). The van der Waals surface area contributed by atoms with Gasteiger partial charge in [-0.1, -0.05) is 29.8 Å². The molecule has 0 aliphatic heterocycles. The summed E-state index contributed by atoms with van der Waals surface area (Å²) < 4.78 is 0. The molecular weight excluding hydrogens is 276 g/mol. The molecule has 3 aromatic rings. The van der Waals surface area contributed by atoms with Crippen molar-refractivity contribution in [3.05, 3.63) is 59.2 Å². The van der Waals surface area contributed by atoms with E-state index in [0.29, 0.717) is 11.3 Å². The normalized spacial score (nSPS) is 10.7. The second kappa shape index (κ2) is 4.90. The number of hydrogen-bond acceptors (Lipinski definition) is 2. The van der Waals surface area contributed by atoms with Gasteiger partial charge in [-0.25, -0.2) is 0 Å². The van der Waals surface area contributed by atoms with Gasteiger partial charge in [0.05, 0.1) is 16.3 Å². The number of nitrogens with one attached hydrogen (secondary N) is 2. The maximum absolute atomic E-state index is 12.3. The lowest BCUT2D eigenvalue weighted by Crippen LogP contribution is -2.11. The van der Waals surface area contributed by atoms with Gasteiger partial charge in [0.1, 0.15) is 5.75 Å². The van der Waals surface area contributed by atoms with Crippen molar-refractivity contribution in [2.75, 3.05) is 5.32 Å². The zero-order valence-corrected chi connectivity index (χ0v) is 11.1. The highest BCUT2D eigenvalue weighted by Crippen LogP contribution is 2.27. The molecule has 5 heteroatoms. The second-order valence-corrected chi connectivity index (χ2v) is 4.77. The molecule has 0 radical (unpaired) electrons. The molecule has 3 N–H and O–H groups in total. The summed E-state index contributed by atoms with van der Waals surface area (Å²) in [6.45, 7) is 0. The lowest BCUT2D eigenvalue weighted by Gasteiger charge is -2.06. The zero-order valence-electron chi connectivity index (χ0n) is 10.4. The lowest BCUT2D eigenvalue weighted by molar-refractivity contribution is 0.102. The number of benzene rings is 2. The number of H-pyrrole nitrogens is 1. The summed E-state index contributed by atoms with van der Waals surface area (Å²) in [6.07, 6.45) is 1.66. The van der Waals surface area contributed by atoms with Crippen LogP contribution in [-0.4, -0.2) is 16.0 Å². The van der Waals surface area contributed by atoms with Gasteiger partial charge < -0.3 is 15.4 Å². The number of aromatic nitrogens is 1. The number of amides is 1. The number of phenols is 1. The molecule has 1 amide bonds. The topological polar surface area (TPSA) is 65.1 Å². The van der Waals surface area contributed by atoms with Gasteiger partial charge in [-0.15, -0.1) is 0 Å². The van der Waals surface area contributed by atoms with Crippen LogP contribution in [0.2, 0.25) is 5.02 Å². The lowest BCUT2D eigenvalue weighted by atomic mass is 10.1. The number of para-hydroxylation sites is 1. The fourth-order valence-corrected chi connectivity index (χ4v) is 2.28. The summed E-state index contributed by atoms with van der Waals surface area (Å²) in [4.78, 5) is 15.3. The van der Waals surface area contributed by atoms with Crippen LogP contribution >= 0.6 is 11.6 Å². The molecule has 0 aliphatic carbocycles. The van der Waals surface area contributed by atoms with Crippen LogP contribution in [0, 0.1) is 0 Å². The first-order valence-corrected chi connectivity index (χ1v) is 6.39. The summed E-state index contributed by atoms with van der Waals surface area (Å²) in [6, 6.07) is 12.0. The van der Waals surface area contributed by atoms with E-state index in [2.05, 4.69) is 10.3 Å². The van der Waals surface area contributed by atoms with Crippen molar-refractivity contribution in [2.45, 2.75) is 0 Å². The molecule has 0 saturated carbocycles. The van der Waals surface area contributed by atoms with Gasteiger partial charge in [0.25, 0.3) is 5.91 Å². The smallest absolute Gasteiger partial charge is 0.257 e. The van der Waals surface area contributed by atoms with Crippen molar-refractivity contribution >= 4 is 34.1 Å². The predicted octanol–water partition coefficient (Wildman–Crippen LogP) is 3.78. The van der Waals surface area contributed by atoms with Gasteiger partial charge in [0.2, 0.25) is 0 Å². The summed E-state index contributed by atoms with van der Waals surface area (Å²) in [5, 5.41) is 13.2. The Morgan fingerprint density at radius 2 is 2.00 bits per heavy atom. The molecule has 0 bridgehead atoms. The third-order valence-electron chi connectivity index (χ3n) is 3.03. The number of halogens is 1. The maximum Gasteiger partial charge on any atom is 0.257 e. The van der Waals surface area contributed by atoms with Gasteiger partial charge >= 0.3 is 0 Å². The molecule has 0 aliphatic rings. The molecule has 0 atom stereocenters. The monoisotopic (exact) mass is 286 g/mol. The van der Waals surface area contributed by atoms with Gasteiger partial charge in [-0.3, -0.25) is 4.79 Å². The third kappa shape index (κ3) is 2.21. The fraction of sp³-hybridized carbons (Fsp3) is 0. The van der Waals surface area contributed by atoms with E-state index in [-0.39, 0.29) is 16.7 Å². The van der Waals surface area contributed by atoms with E-state index in [1.165, 1.54) is 12.1 Å². The highest BCUT2D eigenvalue weighted by atomic mass is 35.5. The highest BCUT2D eigenvalue weighted by molar-refractivity contribution is 6.34. The molecule has 1 aromatic heterocycles. The summed E-state index contributed by atoms with van der Waals surface area (Å²) in [7, 11) is 0. The number of carbonyl (C=O) groups excluding carboxylic acids is 1. The zero-order chi connectivity index (χ0) is 14.1. The second-order valence-electron chi connectivity index (χ2n) is 4.37. The van der Waals surface area contributed by atoms with Crippen molar-refractivity contribution in [2.24, 2.45) is 0 Å². The van der Waals surface area contributed by atoms with Gasteiger partial charge in [-0.05, 0) is 18.2 Å². The van der Waals surface area contributed by atoms with Crippen LogP contribution in [0.4, 0.5) is 5.69 Å². The quantitative estimate of drug-likeness (QED) is 0.628. The van der Waals surface area contributed by atoms with E-state index in [1.807, 2.05) is 24.3 Å². The Balaban J connectivity index is 1.93. The first kappa shape index (κ1) is 12.6. The van der Waals surface area contributed by atoms with Crippen LogP contribution in [-0.2, 0) is 0 Å². The number of anilines is 1. The number of aromatic amines is 1. The van der Waals surface area contributed by atoms with E-state index in [4.69, 9.17) is 11.6 Å². The highest BCUT2D eigenvalue weighted by Gasteiger charge is 2.13. The molecule has 1 heterocycles. The maximum atomic E-state index is 12.3. The van der Waals surface area contributed by atoms with Crippen LogP contribution in [0.5, 0.6) is 5.75 Å². The molecule has 20 heavy (non-hydrogen) atoms. The van der Waals surface area contributed by atoms with E-state index >= 15 is 0 Å². The minimum Gasteiger partial charge on any atom is -0.508 e. The minimum absolute atomic E-state index is 0.0556.